The van der Waals surface area contributed by atoms with Crippen LogP contribution in [0.2, 0.25) is 0 Å². The third-order valence-corrected chi connectivity index (χ3v) is 2.81. The highest BCUT2D eigenvalue weighted by Gasteiger charge is 2.16. The molecule has 0 amide bonds. The molecule has 1 aromatic heterocycles. The van der Waals surface area contributed by atoms with Crippen molar-refractivity contribution in [2.24, 2.45) is 7.05 Å². The molecule has 0 spiro atoms. The lowest BCUT2D eigenvalue weighted by molar-refractivity contribution is 0.864. The van der Waals surface area contributed by atoms with Gasteiger partial charge < -0.3 is 4.57 Å². The molecular weight excluding hydrogens is 254 g/mol. The van der Waals surface area contributed by atoms with E-state index < -0.39 is 22.5 Å². The molecule has 0 atom stereocenters. The molecule has 0 radical (unpaired) electrons. The zero-order valence-electron chi connectivity index (χ0n) is 9.60. The lowest BCUT2D eigenvalue weighted by Gasteiger charge is -2.11. The van der Waals surface area contributed by atoms with Gasteiger partial charge in [0.05, 0.1) is 10.9 Å². The number of hydrogen-bond donors (Lipinski definition) is 3. The fraction of sp³-hybridized carbons (Fsp3) is 0.100. The second kappa shape index (κ2) is 3.51. The quantitative estimate of drug-likeness (QED) is 0.406. The Kier molecular flexibility index (Phi) is 2.06. The van der Waals surface area contributed by atoms with E-state index in [9.17, 15) is 19.2 Å². The van der Waals surface area contributed by atoms with Crippen molar-refractivity contribution in [1.82, 2.24) is 24.5 Å². The van der Waals surface area contributed by atoms with Gasteiger partial charge in [0, 0.05) is 7.05 Å². The highest BCUT2D eigenvalue weighted by molar-refractivity contribution is 5.81. The monoisotopic (exact) mass is 261 g/mol. The Labute approximate surface area is 102 Å². The Morgan fingerprint density at radius 3 is 2.53 bits per heavy atom. The van der Waals surface area contributed by atoms with Gasteiger partial charge >= 0.3 is 11.4 Å². The Hall–Kier alpha value is -2.97. The fourth-order valence-corrected chi connectivity index (χ4v) is 1.97. The van der Waals surface area contributed by atoms with Gasteiger partial charge in [-0.3, -0.25) is 24.5 Å². The third kappa shape index (κ3) is 1.52. The van der Waals surface area contributed by atoms with Crippen LogP contribution < -0.4 is 22.5 Å². The van der Waals surface area contributed by atoms with Crippen molar-refractivity contribution in [2.75, 3.05) is 0 Å². The van der Waals surface area contributed by atoms with E-state index in [1.54, 1.807) is 0 Å². The van der Waals surface area contributed by atoms with E-state index in [1.165, 1.54) is 17.7 Å². The van der Waals surface area contributed by atoms with E-state index in [-0.39, 0.29) is 22.4 Å². The van der Waals surface area contributed by atoms with Crippen molar-refractivity contribution in [3.63, 3.8) is 0 Å². The predicted octanol–water partition coefficient (Wildman–Crippen LogP) is -1.90. The van der Waals surface area contributed by atoms with Crippen LogP contribution in [0.4, 0.5) is 0 Å². The molecule has 9 heteroatoms. The highest BCUT2D eigenvalue weighted by atomic mass is 16.2. The van der Waals surface area contributed by atoms with Crippen LogP contribution in [0.5, 0.6) is 0 Å². The number of hydrogen-bond acceptors (Lipinski definition) is 5. The second-order valence-corrected chi connectivity index (χ2v) is 3.98. The minimum Gasteiger partial charge on any atom is -0.314 e. The molecule has 0 saturated heterocycles. The van der Waals surface area contributed by atoms with Crippen LogP contribution in [0.1, 0.15) is 0 Å². The number of H-pyrrole nitrogens is 3. The van der Waals surface area contributed by atoms with Gasteiger partial charge in [-0.2, -0.15) is 4.98 Å². The van der Waals surface area contributed by atoms with Gasteiger partial charge in [0.15, 0.2) is 5.82 Å². The van der Waals surface area contributed by atoms with Gasteiger partial charge in [-0.1, -0.05) is 0 Å². The number of aromatic amines is 3. The summed E-state index contributed by atoms with van der Waals surface area (Å²) in [6.45, 7) is 0. The van der Waals surface area contributed by atoms with Crippen LogP contribution in [0.3, 0.4) is 0 Å². The molecule has 2 aliphatic heterocycles. The summed E-state index contributed by atoms with van der Waals surface area (Å²) in [4.78, 5) is 56.0. The van der Waals surface area contributed by atoms with Crippen LogP contribution in [0.15, 0.2) is 25.2 Å². The molecule has 0 fully saturated rings. The van der Waals surface area contributed by atoms with E-state index in [0.29, 0.717) is 0 Å². The first kappa shape index (κ1) is 11.1. The van der Waals surface area contributed by atoms with Crippen molar-refractivity contribution >= 4 is 11.0 Å². The summed E-state index contributed by atoms with van der Waals surface area (Å²) in [5, 5.41) is 0.126. The molecule has 0 saturated carbocycles. The van der Waals surface area contributed by atoms with Crippen LogP contribution in [-0.2, 0) is 7.05 Å². The van der Waals surface area contributed by atoms with E-state index in [4.69, 9.17) is 0 Å². The summed E-state index contributed by atoms with van der Waals surface area (Å²) in [6, 6.07) is 1.28. The highest BCUT2D eigenvalue weighted by Crippen LogP contribution is 2.17. The topological polar surface area (TPSA) is 133 Å². The molecule has 19 heavy (non-hydrogen) atoms. The van der Waals surface area contributed by atoms with E-state index in [2.05, 4.69) is 15.0 Å². The molecule has 3 rings (SSSR count). The molecule has 9 nitrogen and oxygen atoms in total. The Balaban J connectivity index is 2.73. The summed E-state index contributed by atoms with van der Waals surface area (Å²) < 4.78 is 1.32. The molecule has 3 N–H and O–H groups in total. The molecular formula is C10H7N5O4. The molecule has 2 aliphatic rings. The number of aromatic nitrogens is 5. The van der Waals surface area contributed by atoms with Crippen molar-refractivity contribution in [2.45, 2.75) is 0 Å². The average Bonchev–Trinajstić information content (AvgIpc) is 2.32. The first-order chi connectivity index (χ1) is 8.97. The first-order valence-electron chi connectivity index (χ1n) is 5.24. The Morgan fingerprint density at radius 1 is 1.05 bits per heavy atom. The maximum Gasteiger partial charge on any atom is 0.349 e. The molecule has 96 valence electrons. The summed E-state index contributed by atoms with van der Waals surface area (Å²) >= 11 is 0. The Bertz CT molecular complexity index is 997. The molecule has 0 bridgehead atoms. The van der Waals surface area contributed by atoms with Crippen LogP contribution in [-0.4, -0.2) is 24.5 Å². The van der Waals surface area contributed by atoms with Gasteiger partial charge in [0.1, 0.15) is 5.65 Å². The lowest BCUT2D eigenvalue weighted by atomic mass is 10.2. The normalized spacial score (nSPS) is 11.2. The summed E-state index contributed by atoms with van der Waals surface area (Å²) in [7, 11) is 1.49. The number of pyridine rings is 1. The molecule has 0 aliphatic carbocycles. The zero-order valence-corrected chi connectivity index (χ0v) is 9.60. The maximum absolute atomic E-state index is 11.7. The van der Waals surface area contributed by atoms with E-state index >= 15 is 0 Å². The zero-order chi connectivity index (χ0) is 13.7. The van der Waals surface area contributed by atoms with Gasteiger partial charge in [-0.05, 0) is 6.07 Å². The van der Waals surface area contributed by atoms with Crippen molar-refractivity contribution < 1.29 is 0 Å². The average molecular weight is 261 g/mol. The number of nitrogens with one attached hydrogen (secondary N) is 3. The molecule has 0 aromatic carbocycles. The van der Waals surface area contributed by atoms with Crippen LogP contribution >= 0.6 is 0 Å². The van der Waals surface area contributed by atoms with Crippen LogP contribution in [0, 0.1) is 0 Å². The van der Waals surface area contributed by atoms with Gasteiger partial charge in [-0.15, -0.1) is 0 Å². The molecule has 1 aromatic rings. The van der Waals surface area contributed by atoms with Crippen molar-refractivity contribution in [3.05, 3.63) is 47.7 Å². The number of fused-ring (bicyclic) bond motifs is 2. The first-order valence-corrected chi connectivity index (χ1v) is 5.24. The van der Waals surface area contributed by atoms with Gasteiger partial charge in [-0.25, -0.2) is 9.59 Å². The Morgan fingerprint density at radius 2 is 1.79 bits per heavy atom. The molecule has 0 unspecified atom stereocenters. The van der Waals surface area contributed by atoms with Crippen molar-refractivity contribution in [3.8, 4) is 11.4 Å². The number of rotatable bonds is 0. The number of aryl methyl sites for hydroxylation is 1. The lowest BCUT2D eigenvalue weighted by Crippen LogP contribution is -2.29. The van der Waals surface area contributed by atoms with Crippen molar-refractivity contribution in [1.29, 1.82) is 0 Å². The summed E-state index contributed by atoms with van der Waals surface area (Å²) in [5.74, 6) is 0.0856. The minimum atomic E-state index is -0.792. The third-order valence-electron chi connectivity index (χ3n) is 2.81. The number of nitrogens with zero attached hydrogens (tertiary/aromatic N) is 2. The largest absolute Gasteiger partial charge is 0.349 e. The summed E-state index contributed by atoms with van der Waals surface area (Å²) in [6.07, 6.45) is 0. The standard InChI is InChI=1S/C10H7N5O4/c1-15-5-3(7(16)13-9(18)11-5)2-4-6(15)12-10(19)14-8(4)17/h2H,1H3,(H,13,16,18)(H2,12,14,17,19). The fourth-order valence-electron chi connectivity index (χ4n) is 1.97. The smallest absolute Gasteiger partial charge is 0.314 e. The van der Waals surface area contributed by atoms with Gasteiger partial charge in [0.25, 0.3) is 11.1 Å². The van der Waals surface area contributed by atoms with Crippen LogP contribution in [0.25, 0.3) is 22.4 Å². The minimum absolute atomic E-state index is 0.0856. The summed E-state index contributed by atoms with van der Waals surface area (Å²) in [5.41, 5.74) is -2.47. The second-order valence-electron chi connectivity index (χ2n) is 3.98. The predicted molar refractivity (Wildman–Crippen MR) is 65.5 cm³/mol. The molecule has 3 heterocycles. The van der Waals surface area contributed by atoms with E-state index in [1.807, 2.05) is 4.98 Å². The SMILES string of the molecule is Cn1c2nc(=O)[nH]c(=O)c-2cc2c(=O)[nH]c(=O)[nH]c21. The van der Waals surface area contributed by atoms with E-state index in [0.717, 1.165) is 0 Å². The maximum atomic E-state index is 11.7. The van der Waals surface area contributed by atoms with Gasteiger partial charge in [0.2, 0.25) is 0 Å².